The van der Waals surface area contributed by atoms with Crippen LogP contribution in [0.25, 0.3) is 0 Å². The Morgan fingerprint density at radius 3 is 2.50 bits per heavy atom. The van der Waals surface area contributed by atoms with Crippen molar-refractivity contribution in [3.05, 3.63) is 0 Å². The number of hydrogen-bond acceptors (Lipinski definition) is 3. The molecule has 0 aromatic carbocycles. The Morgan fingerprint density at radius 2 is 2.17 bits per heavy atom. The van der Waals surface area contributed by atoms with Gasteiger partial charge in [0.15, 0.2) is 0 Å². The number of rotatable bonds is 5. The first-order chi connectivity index (χ1) is 5.56. The highest BCUT2D eigenvalue weighted by Gasteiger charge is 2.08. The van der Waals surface area contributed by atoms with Gasteiger partial charge in [-0.2, -0.15) is 12.6 Å². The average Bonchev–Trinajstić information content (AvgIpc) is 1.97. The number of carbonyl (C=O) groups excluding carboxylic acids is 2. The molecule has 0 heterocycles. The standard InChI is InChI=1S/C7H14N2O2S/c1-5(10)9-6(4-12)2-3-7(8)11/h6,12H,2-4H2,1H3,(H2,8,11)(H,9,10)/t6-/m0/s1. The van der Waals surface area contributed by atoms with E-state index in [0.717, 1.165) is 0 Å². The second-order valence-electron chi connectivity index (χ2n) is 2.59. The van der Waals surface area contributed by atoms with Crippen LogP contribution in [0.2, 0.25) is 0 Å². The molecule has 0 saturated heterocycles. The molecule has 0 rings (SSSR count). The molecule has 0 bridgehead atoms. The first-order valence-electron chi connectivity index (χ1n) is 3.72. The van der Waals surface area contributed by atoms with Crippen LogP contribution >= 0.6 is 12.6 Å². The minimum atomic E-state index is -0.355. The van der Waals surface area contributed by atoms with E-state index < -0.39 is 0 Å². The Bertz CT molecular complexity index is 173. The van der Waals surface area contributed by atoms with E-state index in [4.69, 9.17) is 5.73 Å². The molecule has 4 nitrogen and oxygen atoms in total. The lowest BCUT2D eigenvalue weighted by atomic mass is 10.2. The Labute approximate surface area is 77.3 Å². The topological polar surface area (TPSA) is 72.2 Å². The Kier molecular flexibility index (Phi) is 5.53. The molecule has 0 aliphatic carbocycles. The normalized spacial score (nSPS) is 12.2. The van der Waals surface area contributed by atoms with Crippen molar-refractivity contribution in [2.45, 2.75) is 25.8 Å². The molecule has 70 valence electrons. The van der Waals surface area contributed by atoms with E-state index >= 15 is 0 Å². The Hall–Kier alpha value is -0.710. The van der Waals surface area contributed by atoms with Gasteiger partial charge in [0, 0.05) is 25.1 Å². The molecular formula is C7H14N2O2S. The van der Waals surface area contributed by atoms with E-state index in [1.54, 1.807) is 0 Å². The second kappa shape index (κ2) is 5.88. The quantitative estimate of drug-likeness (QED) is 0.520. The molecule has 0 aromatic rings. The van der Waals surface area contributed by atoms with Crippen LogP contribution in [0.4, 0.5) is 0 Å². The van der Waals surface area contributed by atoms with Crippen LogP contribution in [-0.4, -0.2) is 23.6 Å². The summed E-state index contributed by atoms with van der Waals surface area (Å²) in [6.07, 6.45) is 0.837. The van der Waals surface area contributed by atoms with Crippen LogP contribution in [0.5, 0.6) is 0 Å². The number of carbonyl (C=O) groups is 2. The SMILES string of the molecule is CC(=O)N[C@H](CS)CCC(N)=O. The summed E-state index contributed by atoms with van der Waals surface area (Å²) in [6, 6.07) is -0.0571. The van der Waals surface area contributed by atoms with Crippen molar-refractivity contribution in [2.24, 2.45) is 5.73 Å². The Balaban J connectivity index is 3.67. The lowest BCUT2D eigenvalue weighted by Crippen LogP contribution is -2.35. The first-order valence-corrected chi connectivity index (χ1v) is 4.35. The van der Waals surface area contributed by atoms with Gasteiger partial charge < -0.3 is 11.1 Å². The first kappa shape index (κ1) is 11.3. The third kappa shape index (κ3) is 6.03. The van der Waals surface area contributed by atoms with Crippen molar-refractivity contribution in [3.63, 3.8) is 0 Å². The lowest BCUT2D eigenvalue weighted by molar-refractivity contribution is -0.121. The van der Waals surface area contributed by atoms with E-state index in [0.29, 0.717) is 12.2 Å². The molecule has 0 unspecified atom stereocenters. The third-order valence-corrected chi connectivity index (χ3v) is 1.81. The second-order valence-corrected chi connectivity index (χ2v) is 2.95. The zero-order chi connectivity index (χ0) is 9.56. The van der Waals surface area contributed by atoms with Gasteiger partial charge in [-0.05, 0) is 6.42 Å². The zero-order valence-corrected chi connectivity index (χ0v) is 7.93. The van der Waals surface area contributed by atoms with Gasteiger partial charge in [0.25, 0.3) is 0 Å². The summed E-state index contributed by atoms with van der Waals surface area (Å²) >= 11 is 4.03. The van der Waals surface area contributed by atoms with Gasteiger partial charge in [0.05, 0.1) is 0 Å². The largest absolute Gasteiger partial charge is 0.370 e. The number of nitrogens with two attached hydrogens (primary N) is 1. The van der Waals surface area contributed by atoms with Gasteiger partial charge in [-0.1, -0.05) is 0 Å². The Morgan fingerprint density at radius 1 is 1.58 bits per heavy atom. The van der Waals surface area contributed by atoms with E-state index in [2.05, 4.69) is 17.9 Å². The molecule has 3 N–H and O–H groups in total. The molecule has 0 spiro atoms. The van der Waals surface area contributed by atoms with Gasteiger partial charge >= 0.3 is 0 Å². The van der Waals surface area contributed by atoms with Gasteiger partial charge in [-0.3, -0.25) is 9.59 Å². The average molecular weight is 190 g/mol. The summed E-state index contributed by atoms with van der Waals surface area (Å²) in [5.41, 5.74) is 4.95. The molecule has 0 saturated carbocycles. The maximum Gasteiger partial charge on any atom is 0.217 e. The molecule has 5 heteroatoms. The molecule has 12 heavy (non-hydrogen) atoms. The van der Waals surface area contributed by atoms with Gasteiger partial charge in [-0.15, -0.1) is 0 Å². The molecule has 0 radical (unpaired) electrons. The summed E-state index contributed by atoms with van der Waals surface area (Å²) in [5.74, 6) is 0.0537. The smallest absolute Gasteiger partial charge is 0.217 e. The molecule has 0 fully saturated rings. The molecule has 1 atom stereocenters. The fourth-order valence-electron chi connectivity index (χ4n) is 0.813. The van der Waals surface area contributed by atoms with Gasteiger partial charge in [0.2, 0.25) is 11.8 Å². The van der Waals surface area contributed by atoms with E-state index in [9.17, 15) is 9.59 Å². The van der Waals surface area contributed by atoms with E-state index in [1.807, 2.05) is 0 Å². The maximum absolute atomic E-state index is 10.6. The monoisotopic (exact) mass is 190 g/mol. The summed E-state index contributed by atoms with van der Waals surface area (Å²) in [5, 5.41) is 2.66. The molecule has 2 amide bonds. The van der Waals surface area contributed by atoms with Crippen LogP contribution in [0.1, 0.15) is 19.8 Å². The van der Waals surface area contributed by atoms with Crippen LogP contribution in [0, 0.1) is 0 Å². The highest BCUT2D eigenvalue weighted by molar-refractivity contribution is 7.80. The van der Waals surface area contributed by atoms with Gasteiger partial charge in [0.1, 0.15) is 0 Å². The van der Waals surface area contributed by atoms with Crippen molar-refractivity contribution < 1.29 is 9.59 Å². The van der Waals surface area contributed by atoms with Crippen molar-refractivity contribution in [3.8, 4) is 0 Å². The van der Waals surface area contributed by atoms with Crippen LogP contribution < -0.4 is 11.1 Å². The van der Waals surface area contributed by atoms with E-state index in [1.165, 1.54) is 6.92 Å². The minimum Gasteiger partial charge on any atom is -0.370 e. The number of hydrogen-bond donors (Lipinski definition) is 3. The zero-order valence-electron chi connectivity index (χ0n) is 7.04. The fraction of sp³-hybridized carbons (Fsp3) is 0.714. The minimum absolute atomic E-state index is 0.0571. The van der Waals surface area contributed by atoms with Gasteiger partial charge in [-0.25, -0.2) is 0 Å². The molecule has 0 aliphatic rings. The number of amides is 2. The highest BCUT2D eigenvalue weighted by atomic mass is 32.1. The predicted molar refractivity (Wildman–Crippen MR) is 49.9 cm³/mol. The third-order valence-electron chi connectivity index (χ3n) is 1.37. The van der Waals surface area contributed by atoms with Crippen molar-refractivity contribution in [2.75, 3.05) is 5.75 Å². The number of thiol groups is 1. The van der Waals surface area contributed by atoms with Crippen molar-refractivity contribution >= 4 is 24.4 Å². The highest BCUT2D eigenvalue weighted by Crippen LogP contribution is 1.98. The molecule has 0 aromatic heterocycles. The predicted octanol–water partition coefficient (Wildman–Crippen LogP) is -0.314. The van der Waals surface area contributed by atoms with Crippen LogP contribution in [0.3, 0.4) is 0 Å². The fourth-order valence-corrected chi connectivity index (χ4v) is 1.09. The summed E-state index contributed by atoms with van der Waals surface area (Å²) in [4.78, 5) is 21.0. The van der Waals surface area contributed by atoms with E-state index in [-0.39, 0.29) is 24.3 Å². The molecular weight excluding hydrogens is 176 g/mol. The summed E-state index contributed by atoms with van der Waals surface area (Å²) < 4.78 is 0. The lowest BCUT2D eigenvalue weighted by Gasteiger charge is -2.13. The summed E-state index contributed by atoms with van der Waals surface area (Å²) in [6.45, 7) is 1.43. The maximum atomic E-state index is 10.6. The number of nitrogens with one attached hydrogen (secondary N) is 1. The van der Waals surface area contributed by atoms with Crippen molar-refractivity contribution in [1.82, 2.24) is 5.32 Å². The van der Waals surface area contributed by atoms with Crippen molar-refractivity contribution in [1.29, 1.82) is 0 Å². The summed E-state index contributed by atoms with van der Waals surface area (Å²) in [7, 11) is 0. The number of primary amides is 1. The van der Waals surface area contributed by atoms with Crippen LogP contribution in [-0.2, 0) is 9.59 Å². The molecule has 0 aliphatic heterocycles. The van der Waals surface area contributed by atoms with Crippen LogP contribution in [0.15, 0.2) is 0 Å².